The highest BCUT2D eigenvalue weighted by Crippen LogP contribution is 2.02. The summed E-state index contributed by atoms with van der Waals surface area (Å²) in [6.45, 7) is 9.93. The fourth-order valence-electron chi connectivity index (χ4n) is 1.20. The standard InChI is InChI=1S/C9H8N2O.2C2H6/c1-7-3-2-6-11-8(12)4-5-10-9(7)11;2*1-2/h2-6H,1H3;2*1-2H3. The lowest BCUT2D eigenvalue weighted by atomic mass is 10.3. The number of fused-ring (bicyclic) bond motifs is 1. The Kier molecular flexibility index (Phi) is 6.84. The van der Waals surface area contributed by atoms with Crippen molar-refractivity contribution in [2.45, 2.75) is 34.6 Å². The molecular formula is C13H20N2O. The molecule has 0 atom stereocenters. The van der Waals surface area contributed by atoms with Gasteiger partial charge in [0.1, 0.15) is 5.65 Å². The summed E-state index contributed by atoms with van der Waals surface area (Å²) in [6, 6.07) is 5.22. The SMILES string of the molecule is CC.CC.Cc1cccn2c(=O)ccnc12. The minimum Gasteiger partial charge on any atom is -0.269 e. The smallest absolute Gasteiger partial charge is 0.257 e. The molecule has 0 amide bonds. The average Bonchev–Trinajstić information content (AvgIpc) is 2.36. The Morgan fingerprint density at radius 1 is 1.12 bits per heavy atom. The van der Waals surface area contributed by atoms with Crippen molar-refractivity contribution >= 4 is 5.65 Å². The quantitative estimate of drug-likeness (QED) is 0.684. The van der Waals surface area contributed by atoms with Gasteiger partial charge in [0, 0.05) is 18.5 Å². The Hall–Kier alpha value is -1.64. The largest absolute Gasteiger partial charge is 0.269 e. The van der Waals surface area contributed by atoms with Crippen molar-refractivity contribution in [2.24, 2.45) is 0 Å². The molecule has 0 spiro atoms. The van der Waals surface area contributed by atoms with Crippen molar-refractivity contribution in [3.05, 3.63) is 46.5 Å². The molecule has 2 heterocycles. The van der Waals surface area contributed by atoms with Gasteiger partial charge in [-0.05, 0) is 18.6 Å². The van der Waals surface area contributed by atoms with Crippen LogP contribution in [0.4, 0.5) is 0 Å². The molecule has 0 bridgehead atoms. The van der Waals surface area contributed by atoms with Gasteiger partial charge in [-0.25, -0.2) is 4.98 Å². The molecule has 0 aromatic carbocycles. The Morgan fingerprint density at radius 3 is 2.31 bits per heavy atom. The van der Waals surface area contributed by atoms with Crippen LogP contribution in [0.2, 0.25) is 0 Å². The van der Waals surface area contributed by atoms with Crippen molar-refractivity contribution in [3.63, 3.8) is 0 Å². The minimum absolute atomic E-state index is 0.0382. The number of rotatable bonds is 0. The number of hydrogen-bond donors (Lipinski definition) is 0. The molecule has 0 aliphatic heterocycles. The summed E-state index contributed by atoms with van der Waals surface area (Å²) < 4.78 is 1.54. The molecule has 2 rings (SSSR count). The van der Waals surface area contributed by atoms with Gasteiger partial charge in [-0.3, -0.25) is 9.20 Å². The van der Waals surface area contributed by atoms with Crippen LogP contribution in [-0.4, -0.2) is 9.38 Å². The molecule has 0 aliphatic rings. The summed E-state index contributed by atoms with van der Waals surface area (Å²) in [4.78, 5) is 15.4. The summed E-state index contributed by atoms with van der Waals surface area (Å²) in [5.74, 6) is 0. The average molecular weight is 220 g/mol. The van der Waals surface area contributed by atoms with E-state index in [1.54, 1.807) is 6.20 Å². The molecule has 2 aromatic heterocycles. The van der Waals surface area contributed by atoms with E-state index in [-0.39, 0.29) is 5.56 Å². The lowest BCUT2D eigenvalue weighted by Crippen LogP contribution is -2.12. The van der Waals surface area contributed by atoms with Crippen LogP contribution in [0, 0.1) is 6.92 Å². The Balaban J connectivity index is 0.000000509. The first-order valence-electron chi connectivity index (χ1n) is 5.72. The highest BCUT2D eigenvalue weighted by Gasteiger charge is 1.96. The molecule has 2 aromatic rings. The number of hydrogen-bond acceptors (Lipinski definition) is 2. The molecule has 16 heavy (non-hydrogen) atoms. The topological polar surface area (TPSA) is 34.4 Å². The third kappa shape index (κ3) is 3.19. The van der Waals surface area contributed by atoms with Crippen LogP contribution in [0.1, 0.15) is 33.3 Å². The highest BCUT2D eigenvalue weighted by atomic mass is 16.1. The first-order chi connectivity index (χ1) is 7.79. The summed E-state index contributed by atoms with van der Waals surface area (Å²) in [5.41, 5.74) is 1.70. The second kappa shape index (κ2) is 7.63. The van der Waals surface area contributed by atoms with E-state index in [0.717, 1.165) is 11.2 Å². The summed E-state index contributed by atoms with van der Waals surface area (Å²) in [7, 11) is 0. The lowest BCUT2D eigenvalue weighted by molar-refractivity contribution is 1.03. The molecule has 0 unspecified atom stereocenters. The molecule has 0 radical (unpaired) electrons. The van der Waals surface area contributed by atoms with Gasteiger partial charge in [-0.2, -0.15) is 0 Å². The van der Waals surface area contributed by atoms with Gasteiger partial charge in [0.05, 0.1) is 0 Å². The minimum atomic E-state index is -0.0382. The molecule has 3 heteroatoms. The van der Waals surface area contributed by atoms with Crippen molar-refractivity contribution in [3.8, 4) is 0 Å². The third-order valence-corrected chi connectivity index (χ3v) is 1.81. The third-order valence-electron chi connectivity index (χ3n) is 1.81. The number of aromatic nitrogens is 2. The van der Waals surface area contributed by atoms with Gasteiger partial charge in [0.15, 0.2) is 0 Å². The fourth-order valence-corrected chi connectivity index (χ4v) is 1.20. The van der Waals surface area contributed by atoms with Gasteiger partial charge in [0.2, 0.25) is 0 Å². The monoisotopic (exact) mass is 220 g/mol. The normalized spacial score (nSPS) is 8.56. The molecule has 88 valence electrons. The predicted octanol–water partition coefficient (Wildman–Crippen LogP) is 3.06. The van der Waals surface area contributed by atoms with E-state index >= 15 is 0 Å². The number of aryl methyl sites for hydroxylation is 1. The maximum Gasteiger partial charge on any atom is 0.257 e. The van der Waals surface area contributed by atoms with Crippen LogP contribution in [0.5, 0.6) is 0 Å². The van der Waals surface area contributed by atoms with Gasteiger partial charge in [0.25, 0.3) is 5.56 Å². The number of nitrogens with zero attached hydrogens (tertiary/aromatic N) is 2. The van der Waals surface area contributed by atoms with Crippen molar-refractivity contribution in [1.82, 2.24) is 9.38 Å². The van der Waals surface area contributed by atoms with Crippen molar-refractivity contribution < 1.29 is 0 Å². The van der Waals surface area contributed by atoms with Crippen LogP contribution in [0.25, 0.3) is 5.65 Å². The molecule has 0 N–H and O–H groups in total. The maximum absolute atomic E-state index is 11.3. The van der Waals surface area contributed by atoms with E-state index in [9.17, 15) is 4.79 Å². The Bertz CT molecular complexity index is 475. The molecular weight excluding hydrogens is 200 g/mol. The van der Waals surface area contributed by atoms with Gasteiger partial charge in [-0.15, -0.1) is 0 Å². The van der Waals surface area contributed by atoms with Crippen LogP contribution in [-0.2, 0) is 0 Å². The van der Waals surface area contributed by atoms with E-state index in [1.807, 2.05) is 46.8 Å². The van der Waals surface area contributed by atoms with Gasteiger partial charge >= 0.3 is 0 Å². The Labute approximate surface area is 96.8 Å². The molecule has 0 saturated heterocycles. The summed E-state index contributed by atoms with van der Waals surface area (Å²) >= 11 is 0. The molecule has 0 aliphatic carbocycles. The van der Waals surface area contributed by atoms with E-state index in [4.69, 9.17) is 0 Å². The zero-order chi connectivity index (χ0) is 12.6. The first-order valence-corrected chi connectivity index (χ1v) is 5.72. The van der Waals surface area contributed by atoms with Crippen LogP contribution < -0.4 is 5.56 Å². The summed E-state index contributed by atoms with van der Waals surface area (Å²) in [6.07, 6.45) is 3.25. The lowest BCUT2D eigenvalue weighted by Gasteiger charge is -1.99. The van der Waals surface area contributed by atoms with E-state index < -0.39 is 0 Å². The van der Waals surface area contributed by atoms with Gasteiger partial charge in [-0.1, -0.05) is 33.8 Å². The van der Waals surface area contributed by atoms with E-state index in [2.05, 4.69) is 4.98 Å². The second-order valence-electron chi connectivity index (χ2n) is 2.67. The predicted molar refractivity (Wildman–Crippen MR) is 68.9 cm³/mol. The van der Waals surface area contributed by atoms with E-state index in [1.165, 1.54) is 16.7 Å². The summed E-state index contributed by atoms with van der Waals surface area (Å²) in [5, 5.41) is 0. The van der Waals surface area contributed by atoms with E-state index in [0.29, 0.717) is 0 Å². The van der Waals surface area contributed by atoms with Crippen LogP contribution in [0.15, 0.2) is 35.4 Å². The van der Waals surface area contributed by atoms with Crippen molar-refractivity contribution in [1.29, 1.82) is 0 Å². The molecule has 0 fully saturated rings. The molecule has 3 nitrogen and oxygen atoms in total. The highest BCUT2D eigenvalue weighted by molar-refractivity contribution is 5.45. The first kappa shape index (κ1) is 14.4. The fraction of sp³-hybridized carbons (Fsp3) is 0.385. The Morgan fingerprint density at radius 2 is 1.75 bits per heavy atom. The zero-order valence-electron chi connectivity index (χ0n) is 10.7. The molecule has 0 saturated carbocycles. The van der Waals surface area contributed by atoms with Crippen LogP contribution >= 0.6 is 0 Å². The zero-order valence-corrected chi connectivity index (χ0v) is 10.7. The number of pyridine rings is 1. The second-order valence-corrected chi connectivity index (χ2v) is 2.67. The van der Waals surface area contributed by atoms with Gasteiger partial charge < -0.3 is 0 Å². The van der Waals surface area contributed by atoms with Crippen molar-refractivity contribution in [2.75, 3.05) is 0 Å². The van der Waals surface area contributed by atoms with Crippen LogP contribution in [0.3, 0.4) is 0 Å². The maximum atomic E-state index is 11.3.